The molecule has 2 atom stereocenters. The van der Waals surface area contributed by atoms with Gasteiger partial charge in [-0.3, -0.25) is 4.99 Å². The fourth-order valence-corrected chi connectivity index (χ4v) is 2.23. The maximum absolute atomic E-state index is 9.92. The van der Waals surface area contributed by atoms with Crippen molar-refractivity contribution in [2.24, 2.45) is 10.9 Å². The smallest absolute Gasteiger partial charge is 0.191 e. The monoisotopic (exact) mass is 313 g/mol. The topological polar surface area (TPSA) is 65.9 Å². The Balaban J connectivity index is 2.23. The fourth-order valence-electron chi connectivity index (χ4n) is 2.23. The Labute approximate surface area is 135 Å². The largest absolute Gasteiger partial charge is 0.389 e. The van der Waals surface area contributed by atoms with E-state index in [0.717, 1.165) is 31.4 Å². The summed E-state index contributed by atoms with van der Waals surface area (Å²) >= 11 is 0. The van der Waals surface area contributed by atoms with Crippen LogP contribution in [0.3, 0.4) is 0 Å². The fraction of sp³-hybridized carbons (Fsp3) is 0.941. The average Bonchev–Trinajstić information content (AvgIpc) is 3.29. The number of unbranched alkanes of at least 4 members (excludes halogenated alkanes) is 2. The standard InChI is InChI=1S/C17H35N3O2/c1-4-6-7-8-14(3)20-17(18-5-2)19-11-16(21)13-22-12-15-9-10-15/h14-16,21H,4-13H2,1-3H3,(H2,18,19,20). The van der Waals surface area contributed by atoms with Crippen molar-refractivity contribution in [3.05, 3.63) is 0 Å². The lowest BCUT2D eigenvalue weighted by atomic mass is 10.1. The molecule has 1 saturated carbocycles. The minimum atomic E-state index is -0.524. The Morgan fingerprint density at radius 3 is 2.73 bits per heavy atom. The molecule has 0 aromatic carbocycles. The summed E-state index contributed by atoms with van der Waals surface area (Å²) < 4.78 is 5.50. The van der Waals surface area contributed by atoms with Gasteiger partial charge in [-0.05, 0) is 39.0 Å². The third-order valence-corrected chi connectivity index (χ3v) is 3.79. The minimum Gasteiger partial charge on any atom is -0.389 e. The van der Waals surface area contributed by atoms with E-state index in [0.29, 0.717) is 19.2 Å². The van der Waals surface area contributed by atoms with Crippen molar-refractivity contribution in [3.63, 3.8) is 0 Å². The van der Waals surface area contributed by atoms with E-state index >= 15 is 0 Å². The Morgan fingerprint density at radius 1 is 1.32 bits per heavy atom. The third-order valence-electron chi connectivity index (χ3n) is 3.79. The molecule has 130 valence electrons. The first-order valence-electron chi connectivity index (χ1n) is 8.96. The molecule has 0 bridgehead atoms. The van der Waals surface area contributed by atoms with Gasteiger partial charge in [0.15, 0.2) is 5.96 Å². The Kier molecular flexibility index (Phi) is 10.2. The van der Waals surface area contributed by atoms with Crippen LogP contribution in [0.25, 0.3) is 0 Å². The van der Waals surface area contributed by atoms with Gasteiger partial charge in [0.05, 0.1) is 19.3 Å². The van der Waals surface area contributed by atoms with Crippen LogP contribution in [0.4, 0.5) is 0 Å². The highest BCUT2D eigenvalue weighted by atomic mass is 16.5. The van der Waals surface area contributed by atoms with E-state index in [-0.39, 0.29) is 0 Å². The van der Waals surface area contributed by atoms with Crippen molar-refractivity contribution in [1.29, 1.82) is 0 Å². The van der Waals surface area contributed by atoms with E-state index < -0.39 is 6.10 Å². The number of ether oxygens (including phenoxy) is 1. The lowest BCUT2D eigenvalue weighted by Crippen LogP contribution is -2.42. The average molecular weight is 313 g/mol. The molecule has 2 unspecified atom stereocenters. The molecule has 0 spiro atoms. The molecular formula is C17H35N3O2. The van der Waals surface area contributed by atoms with Crippen molar-refractivity contribution >= 4 is 5.96 Å². The molecule has 1 aliphatic rings. The van der Waals surface area contributed by atoms with Gasteiger partial charge in [-0.1, -0.05) is 26.2 Å². The van der Waals surface area contributed by atoms with E-state index in [1.165, 1.54) is 32.1 Å². The maximum Gasteiger partial charge on any atom is 0.191 e. The zero-order valence-corrected chi connectivity index (χ0v) is 14.6. The van der Waals surface area contributed by atoms with Crippen LogP contribution >= 0.6 is 0 Å². The highest BCUT2D eigenvalue weighted by Crippen LogP contribution is 2.28. The highest BCUT2D eigenvalue weighted by molar-refractivity contribution is 5.80. The lowest BCUT2D eigenvalue weighted by Gasteiger charge is -2.18. The molecule has 0 radical (unpaired) electrons. The van der Waals surface area contributed by atoms with Crippen LogP contribution in [0.15, 0.2) is 4.99 Å². The summed E-state index contributed by atoms with van der Waals surface area (Å²) in [5.41, 5.74) is 0. The first kappa shape index (κ1) is 19.2. The summed E-state index contributed by atoms with van der Waals surface area (Å²) in [6, 6.07) is 0.396. The summed E-state index contributed by atoms with van der Waals surface area (Å²) in [5.74, 6) is 1.52. The van der Waals surface area contributed by atoms with E-state index in [1.807, 2.05) is 6.92 Å². The lowest BCUT2D eigenvalue weighted by molar-refractivity contribution is 0.0368. The predicted molar refractivity (Wildman–Crippen MR) is 92.3 cm³/mol. The van der Waals surface area contributed by atoms with Crippen LogP contribution < -0.4 is 10.6 Å². The number of nitrogens with zero attached hydrogens (tertiary/aromatic N) is 1. The Bertz CT molecular complexity index is 306. The molecule has 1 rings (SSSR count). The van der Waals surface area contributed by atoms with Crippen molar-refractivity contribution in [2.75, 3.05) is 26.3 Å². The van der Waals surface area contributed by atoms with Gasteiger partial charge in [0.1, 0.15) is 0 Å². The normalized spacial score (nSPS) is 18.1. The number of nitrogens with one attached hydrogen (secondary N) is 2. The van der Waals surface area contributed by atoms with E-state index in [1.54, 1.807) is 0 Å². The second kappa shape index (κ2) is 11.7. The molecule has 3 N–H and O–H groups in total. The third kappa shape index (κ3) is 10.0. The molecule has 5 nitrogen and oxygen atoms in total. The van der Waals surface area contributed by atoms with Crippen LogP contribution in [-0.4, -0.2) is 49.5 Å². The molecule has 5 heteroatoms. The van der Waals surface area contributed by atoms with Gasteiger partial charge < -0.3 is 20.5 Å². The zero-order valence-electron chi connectivity index (χ0n) is 14.6. The molecule has 0 saturated heterocycles. The van der Waals surface area contributed by atoms with Gasteiger partial charge in [0, 0.05) is 19.2 Å². The van der Waals surface area contributed by atoms with Gasteiger partial charge in [-0.15, -0.1) is 0 Å². The molecule has 1 fully saturated rings. The molecule has 0 aliphatic heterocycles. The van der Waals surface area contributed by atoms with E-state index in [2.05, 4.69) is 29.5 Å². The summed E-state index contributed by atoms with van der Waals surface area (Å²) in [4.78, 5) is 4.46. The number of hydrogen-bond donors (Lipinski definition) is 3. The first-order chi connectivity index (χ1) is 10.7. The SMILES string of the molecule is CCCCCC(C)NC(=NCC(O)COCC1CC1)NCC. The second-order valence-corrected chi connectivity index (χ2v) is 6.40. The summed E-state index contributed by atoms with van der Waals surface area (Å²) in [5, 5.41) is 16.6. The summed E-state index contributed by atoms with van der Waals surface area (Å²) in [6.45, 7) is 8.81. The molecule has 0 heterocycles. The minimum absolute atomic E-state index is 0.377. The van der Waals surface area contributed by atoms with E-state index in [9.17, 15) is 5.11 Å². The van der Waals surface area contributed by atoms with Crippen LogP contribution in [0, 0.1) is 5.92 Å². The Hall–Kier alpha value is -0.810. The van der Waals surface area contributed by atoms with Gasteiger partial charge in [0.2, 0.25) is 0 Å². The van der Waals surface area contributed by atoms with Gasteiger partial charge in [0.25, 0.3) is 0 Å². The number of guanidine groups is 1. The molecule has 0 aromatic rings. The molecular weight excluding hydrogens is 278 g/mol. The number of aliphatic imine (C=N–C) groups is 1. The second-order valence-electron chi connectivity index (χ2n) is 6.40. The van der Waals surface area contributed by atoms with Gasteiger partial charge in [-0.25, -0.2) is 0 Å². The number of aliphatic hydroxyl groups excluding tert-OH is 1. The summed E-state index contributed by atoms with van der Waals surface area (Å²) in [6.07, 6.45) is 6.93. The van der Waals surface area contributed by atoms with Crippen molar-refractivity contribution < 1.29 is 9.84 Å². The molecule has 0 amide bonds. The molecule has 1 aliphatic carbocycles. The number of hydrogen-bond acceptors (Lipinski definition) is 3. The highest BCUT2D eigenvalue weighted by Gasteiger charge is 2.21. The van der Waals surface area contributed by atoms with Crippen LogP contribution in [0.2, 0.25) is 0 Å². The molecule has 0 aromatic heterocycles. The summed E-state index contributed by atoms with van der Waals surface area (Å²) in [7, 11) is 0. The van der Waals surface area contributed by atoms with Crippen molar-refractivity contribution in [3.8, 4) is 0 Å². The number of aliphatic hydroxyl groups is 1. The van der Waals surface area contributed by atoms with Gasteiger partial charge >= 0.3 is 0 Å². The van der Waals surface area contributed by atoms with Crippen LogP contribution in [0.5, 0.6) is 0 Å². The van der Waals surface area contributed by atoms with Crippen molar-refractivity contribution in [2.45, 2.75) is 71.4 Å². The van der Waals surface area contributed by atoms with Crippen molar-refractivity contribution in [1.82, 2.24) is 10.6 Å². The van der Waals surface area contributed by atoms with Crippen LogP contribution in [0.1, 0.15) is 59.3 Å². The number of rotatable bonds is 12. The Morgan fingerprint density at radius 2 is 2.09 bits per heavy atom. The van der Waals surface area contributed by atoms with E-state index in [4.69, 9.17) is 4.74 Å². The van der Waals surface area contributed by atoms with Gasteiger partial charge in [-0.2, -0.15) is 0 Å². The first-order valence-corrected chi connectivity index (χ1v) is 8.96. The molecule has 22 heavy (non-hydrogen) atoms. The zero-order chi connectivity index (χ0) is 16.2. The van der Waals surface area contributed by atoms with Crippen LogP contribution in [-0.2, 0) is 4.74 Å². The maximum atomic E-state index is 9.92. The quantitative estimate of drug-likeness (QED) is 0.294. The predicted octanol–water partition coefficient (Wildman–Crippen LogP) is 2.30.